The van der Waals surface area contributed by atoms with Crippen LogP contribution in [0.15, 0.2) is 11.6 Å². The Balaban J connectivity index is 1.94. The van der Waals surface area contributed by atoms with Crippen molar-refractivity contribution in [2.24, 2.45) is 34.0 Å². The smallest absolute Gasteiger partial charge is 0.215 e. The molecule has 6 unspecified atom stereocenters. The third-order valence-corrected chi connectivity index (χ3v) is 7.81. The normalized spacial score (nSPS) is 46.7. The molecule has 3 aliphatic heterocycles. The highest BCUT2D eigenvalue weighted by Crippen LogP contribution is 2.67. The van der Waals surface area contributed by atoms with Crippen molar-refractivity contribution in [1.82, 2.24) is 0 Å². The van der Waals surface area contributed by atoms with Gasteiger partial charge in [0.15, 0.2) is 10.8 Å². The minimum absolute atomic E-state index is 0.0955. The van der Waals surface area contributed by atoms with Gasteiger partial charge in [-0.1, -0.05) is 26.8 Å². The second-order valence-corrected chi connectivity index (χ2v) is 8.86. The lowest BCUT2D eigenvalue weighted by Crippen LogP contribution is -2.75. The van der Waals surface area contributed by atoms with Gasteiger partial charge < -0.3 is 9.47 Å². The van der Waals surface area contributed by atoms with Crippen molar-refractivity contribution < 1.29 is 9.47 Å². The summed E-state index contributed by atoms with van der Waals surface area (Å²) in [5.74, 6) is -1.42. The summed E-state index contributed by atoms with van der Waals surface area (Å²) < 4.78 is 11.9. The number of nitrogens with one attached hydrogen (secondary N) is 1. The first-order valence-corrected chi connectivity index (χ1v) is 9.04. The van der Waals surface area contributed by atoms with E-state index in [2.05, 4.69) is 38.1 Å². The van der Waals surface area contributed by atoms with Gasteiger partial charge in [0.1, 0.15) is 6.10 Å². The van der Waals surface area contributed by atoms with Crippen LogP contribution in [0.25, 0.3) is 0 Å². The summed E-state index contributed by atoms with van der Waals surface area (Å²) in [7, 11) is 0. The first-order valence-electron chi connectivity index (χ1n) is 9.04. The topological polar surface area (TPSA) is 114 Å². The first kappa shape index (κ1) is 17.1. The summed E-state index contributed by atoms with van der Waals surface area (Å²) in [6.45, 7) is 7.79. The van der Waals surface area contributed by atoms with Gasteiger partial charge in [-0.05, 0) is 35.7 Å². The number of rotatable bonds is 1. The zero-order chi connectivity index (χ0) is 19.1. The molecule has 0 radical (unpaired) electrons. The molecule has 134 valence electrons. The Morgan fingerprint density at radius 3 is 2.31 bits per heavy atom. The largest absolute Gasteiger partial charge is 0.448 e. The minimum Gasteiger partial charge on any atom is -0.448 e. The van der Waals surface area contributed by atoms with Crippen molar-refractivity contribution in [3.63, 3.8) is 0 Å². The molecule has 0 amide bonds. The molecule has 3 saturated heterocycles. The third kappa shape index (κ3) is 1.49. The lowest BCUT2D eigenvalue weighted by Gasteiger charge is -2.64. The monoisotopic (exact) mass is 350 g/mol. The molecule has 6 atom stereocenters. The van der Waals surface area contributed by atoms with Crippen molar-refractivity contribution in [2.45, 2.75) is 52.4 Å². The van der Waals surface area contributed by atoms with Gasteiger partial charge in [0.25, 0.3) is 0 Å². The minimum atomic E-state index is -1.75. The van der Waals surface area contributed by atoms with E-state index in [1.165, 1.54) is 0 Å². The number of ether oxygens (including phenoxy) is 2. The first-order chi connectivity index (χ1) is 12.1. The van der Waals surface area contributed by atoms with E-state index in [1.807, 2.05) is 0 Å². The summed E-state index contributed by atoms with van der Waals surface area (Å²) in [5.41, 5.74) is -2.39. The fourth-order valence-corrected chi connectivity index (χ4v) is 5.66. The number of hydrogen-bond donors (Lipinski definition) is 1. The van der Waals surface area contributed by atoms with Crippen molar-refractivity contribution in [1.29, 1.82) is 21.2 Å². The van der Waals surface area contributed by atoms with E-state index in [1.54, 1.807) is 13.8 Å². The third-order valence-electron chi connectivity index (χ3n) is 7.81. The van der Waals surface area contributed by atoms with Gasteiger partial charge in [-0.2, -0.15) is 15.8 Å². The van der Waals surface area contributed by atoms with Crippen LogP contribution < -0.4 is 0 Å². The van der Waals surface area contributed by atoms with Gasteiger partial charge in [0.2, 0.25) is 11.7 Å². The molecule has 3 aliphatic carbocycles. The Morgan fingerprint density at radius 1 is 1.15 bits per heavy atom. The number of allylic oxidation sites excluding steroid dienone is 1. The quantitative estimate of drug-likeness (QED) is 0.729. The molecule has 6 nitrogen and oxygen atoms in total. The molecule has 3 heterocycles. The fraction of sp³-hybridized carbons (Fsp3) is 0.700. The van der Waals surface area contributed by atoms with Crippen LogP contribution in [-0.2, 0) is 9.47 Å². The number of nitrogens with zero attached hydrogens (tertiary/aromatic N) is 3. The lowest BCUT2D eigenvalue weighted by molar-refractivity contribution is -0.329. The molecule has 6 heteroatoms. The molecule has 26 heavy (non-hydrogen) atoms. The fourth-order valence-electron chi connectivity index (χ4n) is 5.66. The predicted molar refractivity (Wildman–Crippen MR) is 91.0 cm³/mol. The average Bonchev–Trinajstić information content (AvgIpc) is 2.63. The van der Waals surface area contributed by atoms with Crippen LogP contribution in [0.5, 0.6) is 0 Å². The van der Waals surface area contributed by atoms with Crippen molar-refractivity contribution >= 4 is 5.90 Å². The van der Waals surface area contributed by atoms with E-state index in [-0.39, 0.29) is 17.2 Å². The zero-order valence-corrected chi connectivity index (χ0v) is 15.5. The summed E-state index contributed by atoms with van der Waals surface area (Å²) >= 11 is 0. The standard InChI is InChI=1S/C20H22N4O2/c1-11-18(4)25-15(13-6-5-12-7-14(13)17(12,2)3)20(10-23,16(24)26-18)19(11,8-21)9-22/h6,11-12,14-15,24H,5,7H2,1-4H3. The SMILES string of the molecule is CC1C2(C)OC(=N)C(C#N)(C(C3=CCC4CC3C4(C)C)O2)C1(C#N)C#N. The summed E-state index contributed by atoms with van der Waals surface area (Å²) in [6, 6.07) is 6.35. The van der Waals surface area contributed by atoms with Gasteiger partial charge in [-0.25, -0.2) is 0 Å². The van der Waals surface area contributed by atoms with Crippen LogP contribution in [0.1, 0.15) is 40.5 Å². The van der Waals surface area contributed by atoms with E-state index >= 15 is 0 Å². The lowest BCUT2D eigenvalue weighted by atomic mass is 9.44. The molecule has 6 rings (SSSR count). The van der Waals surface area contributed by atoms with E-state index in [4.69, 9.17) is 14.9 Å². The molecule has 6 aliphatic rings. The van der Waals surface area contributed by atoms with Gasteiger partial charge in [0.05, 0.1) is 24.1 Å². The maximum absolute atomic E-state index is 10.2. The van der Waals surface area contributed by atoms with Crippen molar-refractivity contribution in [3.05, 3.63) is 11.6 Å². The second-order valence-electron chi connectivity index (χ2n) is 8.86. The highest BCUT2D eigenvalue weighted by Gasteiger charge is 2.79. The molecule has 0 aromatic heterocycles. The average molecular weight is 350 g/mol. The van der Waals surface area contributed by atoms with Gasteiger partial charge in [-0.3, -0.25) is 5.41 Å². The van der Waals surface area contributed by atoms with Crippen molar-refractivity contribution in [2.75, 3.05) is 0 Å². The van der Waals surface area contributed by atoms with Gasteiger partial charge >= 0.3 is 0 Å². The summed E-state index contributed by atoms with van der Waals surface area (Å²) in [6.07, 6.45) is 3.22. The molecule has 0 aromatic rings. The maximum atomic E-state index is 10.2. The molecule has 4 fully saturated rings. The molecular weight excluding hydrogens is 328 g/mol. The highest BCUT2D eigenvalue weighted by atomic mass is 16.7. The van der Waals surface area contributed by atoms with E-state index in [0.29, 0.717) is 5.92 Å². The van der Waals surface area contributed by atoms with E-state index in [0.717, 1.165) is 18.4 Å². The van der Waals surface area contributed by atoms with Crippen LogP contribution in [0.4, 0.5) is 0 Å². The van der Waals surface area contributed by atoms with Crippen molar-refractivity contribution in [3.8, 4) is 18.2 Å². The summed E-state index contributed by atoms with van der Waals surface area (Å²) in [5, 5.41) is 38.7. The van der Waals surface area contributed by atoms with Crippen LogP contribution in [0.3, 0.4) is 0 Å². The zero-order valence-electron chi connectivity index (χ0n) is 15.5. The number of fused-ring (bicyclic) bond motifs is 5. The predicted octanol–water partition coefficient (Wildman–Crippen LogP) is 3.28. The molecule has 1 N–H and O–H groups in total. The molecule has 0 aromatic carbocycles. The van der Waals surface area contributed by atoms with E-state index < -0.39 is 28.6 Å². The Hall–Kier alpha value is -2.36. The number of hydrogen-bond acceptors (Lipinski definition) is 6. The van der Waals surface area contributed by atoms with Gasteiger partial charge in [0, 0.05) is 6.92 Å². The van der Waals surface area contributed by atoms with Crippen LogP contribution in [-0.4, -0.2) is 17.8 Å². The molecule has 4 bridgehead atoms. The Bertz CT molecular complexity index is 856. The molecule has 0 spiro atoms. The Morgan fingerprint density at radius 2 is 1.81 bits per heavy atom. The van der Waals surface area contributed by atoms with Gasteiger partial charge in [-0.15, -0.1) is 0 Å². The second kappa shape index (κ2) is 4.67. The summed E-state index contributed by atoms with van der Waals surface area (Å²) in [4.78, 5) is 0. The Kier molecular flexibility index (Phi) is 3.07. The van der Waals surface area contributed by atoms with E-state index in [9.17, 15) is 15.8 Å². The number of nitriles is 3. The highest BCUT2D eigenvalue weighted by molar-refractivity contribution is 5.89. The van der Waals surface area contributed by atoms with Crippen LogP contribution >= 0.6 is 0 Å². The van der Waals surface area contributed by atoms with Crippen LogP contribution in [0, 0.1) is 73.4 Å². The molecule has 1 saturated carbocycles. The van der Waals surface area contributed by atoms with Crippen LogP contribution in [0.2, 0.25) is 0 Å². The maximum Gasteiger partial charge on any atom is 0.215 e. The molecular formula is C20H22N4O2. The Labute approximate surface area is 153 Å².